The minimum absolute atomic E-state index is 0.295. The van der Waals surface area contributed by atoms with Crippen LogP contribution >= 0.6 is 12.2 Å². The van der Waals surface area contributed by atoms with E-state index < -0.39 is 0 Å². The second-order valence-electron chi connectivity index (χ2n) is 4.03. The molecule has 0 unspecified atom stereocenters. The van der Waals surface area contributed by atoms with Crippen LogP contribution in [-0.4, -0.2) is 45.6 Å². The Balaban J connectivity index is 2.43. The quantitative estimate of drug-likeness (QED) is 0.525. The lowest BCUT2D eigenvalue weighted by molar-refractivity contribution is 0.0805. The third kappa shape index (κ3) is 5.73. The third-order valence-electron chi connectivity index (χ3n) is 2.58. The first kappa shape index (κ1) is 16.7. The van der Waals surface area contributed by atoms with Gasteiger partial charge in [0.15, 0.2) is 0 Å². The summed E-state index contributed by atoms with van der Waals surface area (Å²) in [4.78, 5) is 0.295. The number of thiocarbonyl (C=S) groups is 1. The van der Waals surface area contributed by atoms with Gasteiger partial charge in [0, 0.05) is 26.4 Å². The van der Waals surface area contributed by atoms with Crippen LogP contribution in [0.25, 0.3) is 0 Å². The molecule has 5 nitrogen and oxygen atoms in total. The molecule has 0 bridgehead atoms. The monoisotopic (exact) mass is 299 g/mol. The van der Waals surface area contributed by atoms with Gasteiger partial charge in [0.2, 0.25) is 0 Å². The van der Waals surface area contributed by atoms with Crippen LogP contribution in [-0.2, 0) is 9.47 Å². The fourth-order valence-electron chi connectivity index (χ4n) is 1.57. The number of hydrogen-bond acceptors (Lipinski definition) is 5. The van der Waals surface area contributed by atoms with Crippen molar-refractivity contribution < 1.29 is 18.9 Å². The van der Waals surface area contributed by atoms with Crippen LogP contribution in [0.15, 0.2) is 18.2 Å². The van der Waals surface area contributed by atoms with E-state index in [1.54, 1.807) is 32.4 Å². The van der Waals surface area contributed by atoms with Crippen molar-refractivity contribution in [1.82, 2.24) is 0 Å². The minimum Gasteiger partial charge on any atom is -0.497 e. The largest absolute Gasteiger partial charge is 0.497 e. The van der Waals surface area contributed by atoms with E-state index in [0.29, 0.717) is 48.5 Å². The number of benzene rings is 1. The van der Waals surface area contributed by atoms with Gasteiger partial charge in [-0.15, -0.1) is 0 Å². The molecule has 1 aromatic rings. The predicted molar refractivity (Wildman–Crippen MR) is 81.7 cm³/mol. The molecular formula is C14H21NO4S. The van der Waals surface area contributed by atoms with E-state index in [1.165, 1.54) is 0 Å². The molecule has 6 heteroatoms. The normalized spacial score (nSPS) is 10.3. The summed E-state index contributed by atoms with van der Waals surface area (Å²) in [6.07, 6.45) is 0.869. The first-order chi connectivity index (χ1) is 9.69. The van der Waals surface area contributed by atoms with Gasteiger partial charge >= 0.3 is 0 Å². The molecule has 0 atom stereocenters. The second-order valence-corrected chi connectivity index (χ2v) is 4.47. The molecule has 0 aliphatic rings. The highest BCUT2D eigenvalue weighted by atomic mass is 32.1. The van der Waals surface area contributed by atoms with Gasteiger partial charge in [0.1, 0.15) is 23.1 Å². The average molecular weight is 299 g/mol. The number of hydrogen-bond donors (Lipinski definition) is 1. The maximum absolute atomic E-state index is 5.66. The van der Waals surface area contributed by atoms with Crippen molar-refractivity contribution in [3.63, 3.8) is 0 Å². The molecule has 20 heavy (non-hydrogen) atoms. The van der Waals surface area contributed by atoms with Gasteiger partial charge in [-0.2, -0.15) is 0 Å². The summed E-state index contributed by atoms with van der Waals surface area (Å²) in [6.45, 7) is 2.27. The van der Waals surface area contributed by atoms with E-state index in [9.17, 15) is 0 Å². The molecule has 0 spiro atoms. The van der Waals surface area contributed by atoms with E-state index in [4.69, 9.17) is 36.9 Å². The Morgan fingerprint density at radius 1 is 1.15 bits per heavy atom. The molecule has 0 radical (unpaired) electrons. The Morgan fingerprint density at radius 3 is 2.60 bits per heavy atom. The highest BCUT2D eigenvalue weighted by molar-refractivity contribution is 7.80. The topological polar surface area (TPSA) is 62.9 Å². The maximum atomic E-state index is 5.66. The average Bonchev–Trinajstić information content (AvgIpc) is 2.45. The first-order valence-electron chi connectivity index (χ1n) is 6.36. The molecule has 0 fully saturated rings. The molecule has 0 saturated carbocycles. The Labute approximate surface area is 125 Å². The highest BCUT2D eigenvalue weighted by Crippen LogP contribution is 2.24. The van der Waals surface area contributed by atoms with Crippen LogP contribution in [0.3, 0.4) is 0 Å². The molecule has 0 heterocycles. The number of methoxy groups -OCH3 is 2. The van der Waals surface area contributed by atoms with E-state index >= 15 is 0 Å². The van der Waals surface area contributed by atoms with Gasteiger partial charge in [0.25, 0.3) is 0 Å². The molecule has 1 aromatic carbocycles. The molecule has 2 N–H and O–H groups in total. The Hall–Kier alpha value is -1.37. The van der Waals surface area contributed by atoms with Crippen molar-refractivity contribution >= 4 is 17.2 Å². The van der Waals surface area contributed by atoms with E-state index in [0.717, 1.165) is 6.42 Å². The number of rotatable bonds is 10. The summed E-state index contributed by atoms with van der Waals surface area (Å²) in [7, 11) is 3.27. The Morgan fingerprint density at radius 2 is 1.95 bits per heavy atom. The summed E-state index contributed by atoms with van der Waals surface area (Å²) < 4.78 is 21.1. The van der Waals surface area contributed by atoms with Gasteiger partial charge in [-0.25, -0.2) is 0 Å². The molecule has 1 rings (SSSR count). The fraction of sp³-hybridized carbons (Fsp3) is 0.500. The van der Waals surface area contributed by atoms with Gasteiger partial charge in [-0.05, 0) is 18.6 Å². The van der Waals surface area contributed by atoms with Crippen LogP contribution in [0.4, 0.5) is 0 Å². The van der Waals surface area contributed by atoms with Crippen LogP contribution in [0.2, 0.25) is 0 Å². The Kier molecular flexibility index (Phi) is 7.94. The SMILES string of the molecule is COCCCOCCOc1cc(OC)ccc1C(N)=S. The summed E-state index contributed by atoms with van der Waals surface area (Å²) >= 11 is 4.99. The Bertz CT molecular complexity index is 426. The highest BCUT2D eigenvalue weighted by Gasteiger charge is 2.08. The smallest absolute Gasteiger partial charge is 0.133 e. The van der Waals surface area contributed by atoms with Crippen molar-refractivity contribution in [2.45, 2.75) is 6.42 Å². The van der Waals surface area contributed by atoms with Gasteiger partial charge in [0.05, 0.1) is 19.3 Å². The zero-order valence-corrected chi connectivity index (χ0v) is 12.7. The van der Waals surface area contributed by atoms with E-state index in [-0.39, 0.29) is 0 Å². The summed E-state index contributed by atoms with van der Waals surface area (Å²) in [5.41, 5.74) is 6.35. The van der Waals surface area contributed by atoms with Crippen molar-refractivity contribution in [3.8, 4) is 11.5 Å². The molecular weight excluding hydrogens is 278 g/mol. The summed E-state index contributed by atoms with van der Waals surface area (Å²) in [5, 5.41) is 0. The first-order valence-corrected chi connectivity index (χ1v) is 6.77. The lowest BCUT2D eigenvalue weighted by Gasteiger charge is -2.12. The van der Waals surface area contributed by atoms with Crippen LogP contribution in [0, 0.1) is 0 Å². The molecule has 0 saturated heterocycles. The summed E-state index contributed by atoms with van der Waals surface area (Å²) in [5.74, 6) is 1.30. The van der Waals surface area contributed by atoms with E-state index in [1.807, 2.05) is 0 Å². The van der Waals surface area contributed by atoms with Gasteiger partial charge < -0.3 is 24.7 Å². The lowest BCUT2D eigenvalue weighted by atomic mass is 10.2. The van der Waals surface area contributed by atoms with Crippen molar-refractivity contribution in [2.75, 3.05) is 40.6 Å². The summed E-state index contributed by atoms with van der Waals surface area (Å²) in [6, 6.07) is 5.35. The van der Waals surface area contributed by atoms with E-state index in [2.05, 4.69) is 0 Å². The van der Waals surface area contributed by atoms with Crippen molar-refractivity contribution in [1.29, 1.82) is 0 Å². The molecule has 0 aromatic heterocycles. The van der Waals surface area contributed by atoms with Crippen LogP contribution < -0.4 is 15.2 Å². The number of ether oxygens (including phenoxy) is 4. The zero-order valence-electron chi connectivity index (χ0n) is 11.9. The van der Waals surface area contributed by atoms with Gasteiger partial charge in [-0.3, -0.25) is 0 Å². The van der Waals surface area contributed by atoms with Crippen LogP contribution in [0.1, 0.15) is 12.0 Å². The lowest BCUT2D eigenvalue weighted by Crippen LogP contribution is -2.14. The molecule has 0 aliphatic heterocycles. The standard InChI is InChI=1S/C14H21NO4S/c1-16-6-3-7-18-8-9-19-13-10-11(17-2)4-5-12(13)14(15)20/h4-5,10H,3,6-9H2,1-2H3,(H2,15,20). The van der Waals surface area contributed by atoms with Gasteiger partial charge in [-0.1, -0.05) is 12.2 Å². The van der Waals surface area contributed by atoms with Crippen molar-refractivity contribution in [2.24, 2.45) is 5.73 Å². The van der Waals surface area contributed by atoms with Crippen molar-refractivity contribution in [3.05, 3.63) is 23.8 Å². The second kappa shape index (κ2) is 9.52. The molecule has 112 valence electrons. The molecule has 0 amide bonds. The minimum atomic E-state index is 0.295. The fourth-order valence-corrected chi connectivity index (χ4v) is 1.74. The number of nitrogens with two attached hydrogens (primary N) is 1. The third-order valence-corrected chi connectivity index (χ3v) is 2.80. The maximum Gasteiger partial charge on any atom is 0.133 e. The van der Waals surface area contributed by atoms with Crippen LogP contribution in [0.5, 0.6) is 11.5 Å². The molecule has 0 aliphatic carbocycles. The predicted octanol–water partition coefficient (Wildman–Crippen LogP) is 1.76. The zero-order chi connectivity index (χ0) is 14.8.